The van der Waals surface area contributed by atoms with Crippen molar-refractivity contribution in [2.24, 2.45) is 5.92 Å². The van der Waals surface area contributed by atoms with E-state index in [1.807, 2.05) is 6.07 Å². The number of hydrogen-bond donors (Lipinski definition) is 0. The Balaban J connectivity index is 2.87. The quantitative estimate of drug-likeness (QED) is 0.785. The smallest absolute Gasteiger partial charge is 0.128 e. The average molecular weight is 261 g/mol. The molecule has 2 rings (SSSR count). The predicted octanol–water partition coefficient (Wildman–Crippen LogP) is 4.44. The van der Waals surface area contributed by atoms with Crippen LogP contribution < -0.4 is 0 Å². The summed E-state index contributed by atoms with van der Waals surface area (Å²) in [6.07, 6.45) is 0. The molecule has 0 saturated heterocycles. The summed E-state index contributed by atoms with van der Waals surface area (Å²) in [7, 11) is 0. The van der Waals surface area contributed by atoms with Gasteiger partial charge in [-0.05, 0) is 30.9 Å². The van der Waals surface area contributed by atoms with Gasteiger partial charge in [0.25, 0.3) is 0 Å². The van der Waals surface area contributed by atoms with Gasteiger partial charge in [0, 0.05) is 11.9 Å². The first-order valence-electron chi connectivity index (χ1n) is 6.15. The molecule has 1 aromatic carbocycles. The van der Waals surface area contributed by atoms with E-state index in [0.717, 1.165) is 17.4 Å². The van der Waals surface area contributed by atoms with Gasteiger partial charge in [-0.15, -0.1) is 0 Å². The summed E-state index contributed by atoms with van der Waals surface area (Å²) in [4.78, 5) is 0. The highest BCUT2D eigenvalue weighted by Gasteiger charge is 2.18. The van der Waals surface area contributed by atoms with E-state index in [1.165, 1.54) is 11.1 Å². The lowest BCUT2D eigenvalue weighted by Crippen LogP contribution is -2.05. The zero-order valence-electron chi connectivity index (χ0n) is 11.2. The van der Waals surface area contributed by atoms with Crippen LogP contribution in [0.15, 0.2) is 12.1 Å². The molecule has 0 radical (unpaired) electrons. The Morgan fingerprint density at radius 2 is 2.00 bits per heavy atom. The van der Waals surface area contributed by atoms with Crippen LogP contribution in [-0.4, -0.2) is 4.57 Å². The Hall–Kier alpha value is -1.46. The summed E-state index contributed by atoms with van der Waals surface area (Å²) >= 11 is 6.36. The molecule has 18 heavy (non-hydrogen) atoms. The zero-order valence-corrected chi connectivity index (χ0v) is 12.0. The van der Waals surface area contributed by atoms with Crippen molar-refractivity contribution in [3.63, 3.8) is 0 Å². The van der Waals surface area contributed by atoms with E-state index in [1.54, 1.807) is 0 Å². The number of fused-ring (bicyclic) bond motifs is 1. The third-order valence-corrected chi connectivity index (χ3v) is 3.74. The standard InChI is InChI=1S/C15H17ClN2/c1-9(2)8-18-14-11(4)10(3)5-6-12(14)13(7-17)15(18)16/h5-6,9H,8H2,1-4H3. The van der Waals surface area contributed by atoms with E-state index in [0.29, 0.717) is 16.6 Å². The number of halogens is 1. The van der Waals surface area contributed by atoms with Crippen molar-refractivity contribution in [3.05, 3.63) is 34.0 Å². The zero-order chi connectivity index (χ0) is 13.4. The molecular formula is C15H17ClN2. The van der Waals surface area contributed by atoms with Crippen molar-refractivity contribution < 1.29 is 0 Å². The number of rotatable bonds is 2. The fourth-order valence-corrected chi connectivity index (χ4v) is 2.64. The van der Waals surface area contributed by atoms with Crippen LogP contribution in [0.25, 0.3) is 10.9 Å². The largest absolute Gasteiger partial charge is 0.330 e. The summed E-state index contributed by atoms with van der Waals surface area (Å²) < 4.78 is 2.07. The second-order valence-electron chi connectivity index (χ2n) is 5.19. The molecule has 3 heteroatoms. The van der Waals surface area contributed by atoms with Crippen molar-refractivity contribution in [1.82, 2.24) is 4.57 Å². The van der Waals surface area contributed by atoms with E-state index < -0.39 is 0 Å². The van der Waals surface area contributed by atoms with Crippen LogP contribution in [0.2, 0.25) is 5.15 Å². The summed E-state index contributed by atoms with van der Waals surface area (Å²) in [6.45, 7) is 9.31. The van der Waals surface area contributed by atoms with Gasteiger partial charge in [-0.2, -0.15) is 5.26 Å². The SMILES string of the molecule is Cc1ccc2c(C#N)c(Cl)n(CC(C)C)c2c1C. The van der Waals surface area contributed by atoms with Gasteiger partial charge >= 0.3 is 0 Å². The lowest BCUT2D eigenvalue weighted by molar-refractivity contribution is 0.535. The van der Waals surface area contributed by atoms with Crippen molar-refractivity contribution in [2.75, 3.05) is 0 Å². The Morgan fingerprint density at radius 3 is 2.56 bits per heavy atom. The average Bonchev–Trinajstić information content (AvgIpc) is 2.57. The van der Waals surface area contributed by atoms with Gasteiger partial charge in [-0.3, -0.25) is 0 Å². The molecule has 2 nitrogen and oxygen atoms in total. The number of benzene rings is 1. The van der Waals surface area contributed by atoms with E-state index >= 15 is 0 Å². The van der Waals surface area contributed by atoms with E-state index in [4.69, 9.17) is 11.6 Å². The van der Waals surface area contributed by atoms with Crippen LogP contribution in [0.3, 0.4) is 0 Å². The molecule has 0 fully saturated rings. The van der Waals surface area contributed by atoms with Crippen molar-refractivity contribution in [2.45, 2.75) is 34.2 Å². The van der Waals surface area contributed by atoms with Crippen LogP contribution in [0.5, 0.6) is 0 Å². The van der Waals surface area contributed by atoms with Gasteiger partial charge in [0.1, 0.15) is 11.2 Å². The monoisotopic (exact) mass is 260 g/mol. The van der Waals surface area contributed by atoms with Crippen LogP contribution in [0, 0.1) is 31.1 Å². The molecule has 1 heterocycles. The minimum atomic E-state index is 0.490. The Labute approximate surface area is 113 Å². The minimum absolute atomic E-state index is 0.490. The molecule has 0 amide bonds. The van der Waals surface area contributed by atoms with Gasteiger partial charge < -0.3 is 4.57 Å². The predicted molar refractivity (Wildman–Crippen MR) is 76.0 cm³/mol. The van der Waals surface area contributed by atoms with E-state index in [9.17, 15) is 5.26 Å². The molecular weight excluding hydrogens is 244 g/mol. The summed E-state index contributed by atoms with van der Waals surface area (Å²) in [5.74, 6) is 0.490. The topological polar surface area (TPSA) is 28.7 Å². The van der Waals surface area contributed by atoms with E-state index in [-0.39, 0.29) is 0 Å². The number of hydrogen-bond acceptors (Lipinski definition) is 1. The van der Waals surface area contributed by atoms with Gasteiger partial charge in [-0.1, -0.05) is 37.6 Å². The Morgan fingerprint density at radius 1 is 1.33 bits per heavy atom. The number of nitrogens with zero attached hydrogens (tertiary/aromatic N) is 2. The fourth-order valence-electron chi connectivity index (χ4n) is 2.34. The number of aryl methyl sites for hydroxylation is 2. The number of aromatic nitrogens is 1. The molecule has 0 bridgehead atoms. The van der Waals surface area contributed by atoms with Crippen LogP contribution in [0.1, 0.15) is 30.5 Å². The molecule has 0 unspecified atom stereocenters. The van der Waals surface area contributed by atoms with Crippen molar-refractivity contribution in [3.8, 4) is 6.07 Å². The van der Waals surface area contributed by atoms with Crippen molar-refractivity contribution in [1.29, 1.82) is 5.26 Å². The Kier molecular flexibility index (Phi) is 3.36. The van der Waals surface area contributed by atoms with Crippen LogP contribution in [0.4, 0.5) is 0 Å². The van der Waals surface area contributed by atoms with Gasteiger partial charge in [0.15, 0.2) is 0 Å². The van der Waals surface area contributed by atoms with Crippen molar-refractivity contribution >= 4 is 22.5 Å². The lowest BCUT2D eigenvalue weighted by Gasteiger charge is -2.12. The molecule has 2 aromatic rings. The van der Waals surface area contributed by atoms with Gasteiger partial charge in [0.2, 0.25) is 0 Å². The first-order valence-corrected chi connectivity index (χ1v) is 6.53. The maximum atomic E-state index is 9.28. The lowest BCUT2D eigenvalue weighted by atomic mass is 10.0. The first-order chi connectivity index (χ1) is 8.47. The minimum Gasteiger partial charge on any atom is -0.330 e. The molecule has 0 aliphatic carbocycles. The molecule has 1 aromatic heterocycles. The summed E-state index contributed by atoms with van der Waals surface area (Å²) in [5.41, 5.74) is 4.13. The number of nitriles is 1. The second kappa shape index (κ2) is 4.66. The Bertz CT molecular complexity index is 645. The van der Waals surface area contributed by atoms with Crippen LogP contribution in [-0.2, 0) is 6.54 Å². The van der Waals surface area contributed by atoms with Gasteiger partial charge in [0.05, 0.1) is 11.1 Å². The highest BCUT2D eigenvalue weighted by molar-refractivity contribution is 6.32. The molecule has 0 aliphatic rings. The molecule has 0 spiro atoms. The highest BCUT2D eigenvalue weighted by atomic mass is 35.5. The molecule has 0 aliphatic heterocycles. The van der Waals surface area contributed by atoms with E-state index in [2.05, 4.69) is 44.4 Å². The molecule has 94 valence electrons. The fraction of sp³-hybridized carbons (Fsp3) is 0.400. The summed E-state index contributed by atoms with van der Waals surface area (Å²) in [5, 5.41) is 10.8. The third kappa shape index (κ3) is 1.89. The summed E-state index contributed by atoms with van der Waals surface area (Å²) in [6, 6.07) is 6.27. The highest BCUT2D eigenvalue weighted by Crippen LogP contribution is 2.33. The first kappa shape index (κ1) is 13.0. The second-order valence-corrected chi connectivity index (χ2v) is 5.54. The molecule has 0 N–H and O–H groups in total. The third-order valence-electron chi connectivity index (χ3n) is 3.34. The molecule has 0 atom stereocenters. The maximum Gasteiger partial charge on any atom is 0.128 e. The molecule has 0 saturated carbocycles. The van der Waals surface area contributed by atoms with Gasteiger partial charge in [-0.25, -0.2) is 0 Å². The van der Waals surface area contributed by atoms with Crippen LogP contribution >= 0.6 is 11.6 Å². The maximum absolute atomic E-state index is 9.28. The normalized spacial score (nSPS) is 11.2.